The van der Waals surface area contributed by atoms with E-state index in [9.17, 15) is 19.7 Å². The van der Waals surface area contributed by atoms with Gasteiger partial charge < -0.3 is 10.1 Å². The zero-order valence-electron chi connectivity index (χ0n) is 17.1. The van der Waals surface area contributed by atoms with Gasteiger partial charge in [0.1, 0.15) is 17.9 Å². The van der Waals surface area contributed by atoms with Crippen LogP contribution in [0.1, 0.15) is 28.6 Å². The van der Waals surface area contributed by atoms with Crippen molar-refractivity contribution in [3.63, 3.8) is 0 Å². The van der Waals surface area contributed by atoms with Gasteiger partial charge in [0.05, 0.1) is 11.0 Å². The Morgan fingerprint density at radius 3 is 2.10 bits per heavy atom. The van der Waals surface area contributed by atoms with Crippen LogP contribution in [0.3, 0.4) is 0 Å². The summed E-state index contributed by atoms with van der Waals surface area (Å²) in [6.45, 7) is 2.20. The molecule has 0 spiro atoms. The van der Waals surface area contributed by atoms with E-state index in [-0.39, 0.29) is 23.6 Å². The Kier molecular flexibility index (Phi) is 6.76. The van der Waals surface area contributed by atoms with Crippen LogP contribution in [0.5, 0.6) is 0 Å². The van der Waals surface area contributed by atoms with Gasteiger partial charge in [-0.25, -0.2) is 0 Å². The summed E-state index contributed by atoms with van der Waals surface area (Å²) in [6, 6.07) is 18.5. The lowest BCUT2D eigenvalue weighted by Gasteiger charge is -2.20. The number of carbonyl (C=O) groups is 2. The van der Waals surface area contributed by atoms with E-state index in [1.165, 1.54) is 18.5 Å². The Bertz CT molecular complexity index is 1040. The van der Waals surface area contributed by atoms with Gasteiger partial charge in [0.2, 0.25) is 0 Å². The molecule has 0 aliphatic rings. The lowest BCUT2D eigenvalue weighted by Crippen LogP contribution is -2.33. The van der Waals surface area contributed by atoms with Gasteiger partial charge >= 0.3 is 11.7 Å². The topological polar surface area (TPSA) is 116 Å². The van der Waals surface area contributed by atoms with E-state index in [1.54, 1.807) is 0 Å². The molecule has 1 heterocycles. The highest BCUT2D eigenvalue weighted by Gasteiger charge is 2.23. The van der Waals surface area contributed by atoms with Crippen LogP contribution >= 0.6 is 0 Å². The largest absolute Gasteiger partial charge is 0.454 e. The second-order valence-corrected chi connectivity index (χ2v) is 6.92. The smallest absolute Gasteiger partial charge is 0.328 e. The molecule has 31 heavy (non-hydrogen) atoms. The van der Waals surface area contributed by atoms with Crippen LogP contribution in [0, 0.1) is 24.0 Å². The fourth-order valence-electron chi connectivity index (χ4n) is 3.27. The van der Waals surface area contributed by atoms with Gasteiger partial charge in [-0.1, -0.05) is 60.7 Å². The molecule has 9 heteroatoms. The number of amides is 1. The molecular weight excluding hydrogens is 400 g/mol. The van der Waals surface area contributed by atoms with Crippen molar-refractivity contribution >= 4 is 17.6 Å². The van der Waals surface area contributed by atoms with Crippen molar-refractivity contribution in [2.45, 2.75) is 26.4 Å². The van der Waals surface area contributed by atoms with Crippen LogP contribution in [-0.4, -0.2) is 33.2 Å². The first-order valence-electron chi connectivity index (χ1n) is 9.60. The van der Waals surface area contributed by atoms with Gasteiger partial charge in [-0.15, -0.1) is 0 Å². The molecule has 9 nitrogen and oxygen atoms in total. The highest BCUT2D eigenvalue weighted by molar-refractivity contribution is 5.81. The molecule has 0 aliphatic carbocycles. The highest BCUT2D eigenvalue weighted by atomic mass is 16.6. The van der Waals surface area contributed by atoms with Crippen LogP contribution in [0.2, 0.25) is 0 Å². The number of hydrogen-bond donors (Lipinski definition) is 1. The fraction of sp³-hybridized carbons (Fsp3) is 0.227. The fourth-order valence-corrected chi connectivity index (χ4v) is 3.27. The normalized spacial score (nSPS) is 10.7. The summed E-state index contributed by atoms with van der Waals surface area (Å²) < 4.78 is 6.26. The number of nitrogens with one attached hydrogen (secondary N) is 1. The van der Waals surface area contributed by atoms with Crippen LogP contribution in [0.4, 0.5) is 5.69 Å². The molecule has 1 aromatic heterocycles. The number of aromatic nitrogens is 2. The molecule has 1 amide bonds. The summed E-state index contributed by atoms with van der Waals surface area (Å²) in [4.78, 5) is 35.2. The molecule has 0 atom stereocenters. The van der Waals surface area contributed by atoms with Gasteiger partial charge in [-0.05, 0) is 25.0 Å². The monoisotopic (exact) mass is 422 g/mol. The van der Waals surface area contributed by atoms with Gasteiger partial charge in [-0.3, -0.25) is 24.4 Å². The van der Waals surface area contributed by atoms with Crippen molar-refractivity contribution in [3.05, 3.63) is 93.3 Å². The summed E-state index contributed by atoms with van der Waals surface area (Å²) in [5.41, 5.74) is 2.10. The third-order valence-corrected chi connectivity index (χ3v) is 4.74. The predicted octanol–water partition coefficient (Wildman–Crippen LogP) is 2.86. The van der Waals surface area contributed by atoms with E-state index in [0.29, 0.717) is 0 Å². The first kappa shape index (κ1) is 21.7. The second kappa shape index (κ2) is 9.66. The molecule has 3 aromatic rings. The van der Waals surface area contributed by atoms with E-state index in [4.69, 9.17) is 4.74 Å². The maximum absolute atomic E-state index is 12.5. The van der Waals surface area contributed by atoms with Crippen LogP contribution in [-0.2, 0) is 20.9 Å². The average Bonchev–Trinajstić information content (AvgIpc) is 3.04. The molecule has 0 saturated carbocycles. The number of ether oxygens (including phenoxy) is 1. The molecule has 0 aliphatic heterocycles. The zero-order valence-corrected chi connectivity index (χ0v) is 17.1. The summed E-state index contributed by atoms with van der Waals surface area (Å²) in [7, 11) is 0. The van der Waals surface area contributed by atoms with Crippen molar-refractivity contribution < 1.29 is 19.2 Å². The highest BCUT2D eigenvalue weighted by Crippen LogP contribution is 2.22. The Balaban J connectivity index is 1.62. The summed E-state index contributed by atoms with van der Waals surface area (Å²) in [5, 5.41) is 18.0. The number of nitrogens with zero attached hydrogens (tertiary/aromatic N) is 3. The lowest BCUT2D eigenvalue weighted by molar-refractivity contribution is -0.386. The molecule has 2 aromatic carbocycles. The molecule has 0 fully saturated rings. The Hall–Kier alpha value is -4.01. The Morgan fingerprint density at radius 2 is 1.61 bits per heavy atom. The summed E-state index contributed by atoms with van der Waals surface area (Å²) in [6.07, 6.45) is 0. The van der Waals surface area contributed by atoms with Crippen molar-refractivity contribution in [3.8, 4) is 0 Å². The van der Waals surface area contributed by atoms with Crippen molar-refractivity contribution in [1.29, 1.82) is 0 Å². The van der Waals surface area contributed by atoms with Crippen molar-refractivity contribution in [2.24, 2.45) is 0 Å². The quantitative estimate of drug-likeness (QED) is 0.339. The average molecular weight is 422 g/mol. The number of nitro groups is 1. The molecule has 0 unspecified atom stereocenters. The molecule has 0 bridgehead atoms. The van der Waals surface area contributed by atoms with E-state index in [0.717, 1.165) is 11.1 Å². The lowest BCUT2D eigenvalue weighted by atomic mass is 9.99. The molecule has 1 N–H and O–H groups in total. The van der Waals surface area contributed by atoms with Crippen LogP contribution in [0.15, 0.2) is 60.7 Å². The van der Waals surface area contributed by atoms with Gasteiger partial charge in [0.15, 0.2) is 6.61 Å². The number of rotatable bonds is 8. The van der Waals surface area contributed by atoms with E-state index < -0.39 is 29.4 Å². The van der Waals surface area contributed by atoms with Crippen molar-refractivity contribution in [1.82, 2.24) is 15.1 Å². The number of aryl methyl sites for hydroxylation is 1. The first-order valence-corrected chi connectivity index (χ1v) is 9.60. The number of benzene rings is 2. The minimum absolute atomic E-state index is 0.140. The Labute approximate surface area is 178 Å². The number of hydrogen-bond acceptors (Lipinski definition) is 6. The molecule has 160 valence electrons. The molecular formula is C22H22N4O5. The van der Waals surface area contributed by atoms with E-state index in [2.05, 4.69) is 10.4 Å². The minimum Gasteiger partial charge on any atom is -0.454 e. The van der Waals surface area contributed by atoms with Crippen LogP contribution < -0.4 is 5.32 Å². The molecule has 3 rings (SSSR count). The summed E-state index contributed by atoms with van der Waals surface area (Å²) >= 11 is 0. The van der Waals surface area contributed by atoms with Gasteiger partial charge in [0, 0.05) is 0 Å². The Morgan fingerprint density at radius 1 is 1.06 bits per heavy atom. The molecule has 0 radical (unpaired) electrons. The summed E-state index contributed by atoms with van der Waals surface area (Å²) in [5.74, 6) is -1.18. The van der Waals surface area contributed by atoms with Gasteiger partial charge in [-0.2, -0.15) is 5.10 Å². The maximum Gasteiger partial charge on any atom is 0.328 e. The third kappa shape index (κ3) is 5.33. The minimum atomic E-state index is -0.716. The van der Waals surface area contributed by atoms with Gasteiger partial charge in [0.25, 0.3) is 5.91 Å². The maximum atomic E-state index is 12.5. The SMILES string of the molecule is Cc1nn(CC(=O)OCC(=O)NC(c2ccccc2)c2ccccc2)c(C)c1[N+](=O)[O-]. The molecule has 0 saturated heterocycles. The zero-order chi connectivity index (χ0) is 22.4. The van der Waals surface area contributed by atoms with Crippen molar-refractivity contribution in [2.75, 3.05) is 6.61 Å². The second-order valence-electron chi connectivity index (χ2n) is 6.92. The number of carbonyl (C=O) groups excluding carboxylic acids is 2. The predicted molar refractivity (Wildman–Crippen MR) is 112 cm³/mol. The number of esters is 1. The third-order valence-electron chi connectivity index (χ3n) is 4.74. The van der Waals surface area contributed by atoms with Crippen LogP contribution in [0.25, 0.3) is 0 Å². The van der Waals surface area contributed by atoms with E-state index in [1.807, 2.05) is 60.7 Å². The first-order chi connectivity index (χ1) is 14.9. The standard InChI is InChI=1S/C22H22N4O5/c1-15-22(26(29)30)16(2)25(24-15)13-20(28)31-14-19(27)23-21(17-9-5-3-6-10-17)18-11-7-4-8-12-18/h3-12,21H,13-14H2,1-2H3,(H,23,27). The van der Waals surface area contributed by atoms with E-state index >= 15 is 0 Å².